The molecule has 0 spiro atoms. The number of benzene rings is 1. The molecule has 1 N–H and O–H groups in total. The molecule has 0 aliphatic carbocycles. The van der Waals surface area contributed by atoms with E-state index in [0.717, 1.165) is 31.7 Å². The summed E-state index contributed by atoms with van der Waals surface area (Å²) in [5, 5.41) is 10.4. The zero-order chi connectivity index (χ0) is 19.3. The van der Waals surface area contributed by atoms with E-state index in [1.54, 1.807) is 22.8 Å². The summed E-state index contributed by atoms with van der Waals surface area (Å²) in [4.78, 5) is 19.2. The van der Waals surface area contributed by atoms with Gasteiger partial charge < -0.3 is 15.0 Å². The first kappa shape index (κ1) is 18.1. The Morgan fingerprint density at radius 2 is 1.79 bits per heavy atom. The van der Waals surface area contributed by atoms with Crippen molar-refractivity contribution < 1.29 is 9.53 Å². The van der Waals surface area contributed by atoms with Crippen LogP contribution in [0.25, 0.3) is 5.82 Å². The summed E-state index contributed by atoms with van der Waals surface area (Å²) in [6, 6.07) is 12.7. The second kappa shape index (κ2) is 8.18. The molecule has 0 unspecified atom stereocenters. The van der Waals surface area contributed by atoms with Gasteiger partial charge in [-0.3, -0.25) is 9.36 Å². The lowest BCUT2D eigenvalue weighted by Crippen LogP contribution is -2.35. The Bertz CT molecular complexity index is 918. The van der Waals surface area contributed by atoms with E-state index in [2.05, 4.69) is 32.4 Å². The molecule has 8 nitrogen and oxygen atoms in total. The number of aromatic nitrogens is 4. The van der Waals surface area contributed by atoms with Gasteiger partial charge in [0.25, 0.3) is 5.91 Å². The minimum atomic E-state index is -0.279. The summed E-state index contributed by atoms with van der Waals surface area (Å²) in [7, 11) is 2.13. The molecule has 144 valence electrons. The van der Waals surface area contributed by atoms with Crippen LogP contribution in [0, 0.1) is 0 Å². The molecule has 3 aromatic rings. The smallest absolute Gasteiger partial charge is 0.274 e. The molecule has 4 rings (SSSR count). The average molecular weight is 378 g/mol. The maximum absolute atomic E-state index is 12.5. The Morgan fingerprint density at radius 1 is 1.07 bits per heavy atom. The maximum Gasteiger partial charge on any atom is 0.274 e. The molecule has 28 heavy (non-hydrogen) atoms. The van der Waals surface area contributed by atoms with Crippen LogP contribution in [-0.2, 0) is 0 Å². The maximum atomic E-state index is 12.5. The van der Waals surface area contributed by atoms with Crippen molar-refractivity contribution in [3.8, 4) is 11.6 Å². The molecule has 1 saturated heterocycles. The molecule has 0 bridgehead atoms. The van der Waals surface area contributed by atoms with Crippen LogP contribution in [0.3, 0.4) is 0 Å². The van der Waals surface area contributed by atoms with Crippen molar-refractivity contribution >= 4 is 11.6 Å². The molecule has 3 heterocycles. The lowest BCUT2D eigenvalue weighted by atomic mass is 10.1. The quantitative estimate of drug-likeness (QED) is 0.734. The Morgan fingerprint density at radius 3 is 2.50 bits per heavy atom. The van der Waals surface area contributed by atoms with Crippen LogP contribution in [0.15, 0.2) is 55.1 Å². The highest BCUT2D eigenvalue weighted by atomic mass is 16.5. The van der Waals surface area contributed by atoms with Crippen LogP contribution in [0.2, 0.25) is 0 Å². The van der Waals surface area contributed by atoms with E-state index in [-0.39, 0.29) is 12.0 Å². The van der Waals surface area contributed by atoms with Crippen LogP contribution in [0.1, 0.15) is 23.3 Å². The zero-order valence-corrected chi connectivity index (χ0v) is 15.7. The van der Waals surface area contributed by atoms with Crippen molar-refractivity contribution in [2.45, 2.75) is 18.9 Å². The number of hydrogen-bond donors (Lipinski definition) is 1. The number of hydrogen-bond acceptors (Lipinski definition) is 6. The van der Waals surface area contributed by atoms with E-state index < -0.39 is 0 Å². The van der Waals surface area contributed by atoms with Crippen LogP contribution in [-0.4, -0.2) is 56.8 Å². The van der Waals surface area contributed by atoms with Crippen molar-refractivity contribution in [2.75, 3.05) is 25.5 Å². The largest absolute Gasteiger partial charge is 0.490 e. The number of rotatable bonds is 5. The number of likely N-dealkylation sites (tertiary alicyclic amines) is 1. The lowest BCUT2D eigenvalue weighted by Gasteiger charge is -2.29. The van der Waals surface area contributed by atoms with Gasteiger partial charge in [0, 0.05) is 18.8 Å². The molecule has 1 fully saturated rings. The van der Waals surface area contributed by atoms with E-state index in [1.165, 1.54) is 12.7 Å². The van der Waals surface area contributed by atoms with Crippen LogP contribution >= 0.6 is 0 Å². The summed E-state index contributed by atoms with van der Waals surface area (Å²) < 4.78 is 7.68. The molecule has 0 radical (unpaired) electrons. The molecule has 1 aliphatic heterocycles. The minimum absolute atomic E-state index is 0.251. The van der Waals surface area contributed by atoms with E-state index in [1.807, 2.05) is 24.3 Å². The van der Waals surface area contributed by atoms with Gasteiger partial charge in [0.2, 0.25) is 0 Å². The number of nitrogens with zero attached hydrogens (tertiary/aromatic N) is 5. The number of anilines is 1. The summed E-state index contributed by atoms with van der Waals surface area (Å²) in [6.07, 6.45) is 5.38. The normalized spacial score (nSPS) is 15.3. The predicted octanol–water partition coefficient (Wildman–Crippen LogP) is 2.39. The first-order valence-electron chi connectivity index (χ1n) is 9.26. The Balaban J connectivity index is 1.38. The van der Waals surface area contributed by atoms with Gasteiger partial charge in [-0.2, -0.15) is 0 Å². The highest BCUT2D eigenvalue weighted by molar-refractivity contribution is 6.02. The third kappa shape index (κ3) is 4.34. The molecule has 1 amide bonds. The van der Waals surface area contributed by atoms with Gasteiger partial charge >= 0.3 is 0 Å². The third-order valence-corrected chi connectivity index (χ3v) is 4.73. The number of piperidine rings is 1. The van der Waals surface area contributed by atoms with E-state index in [0.29, 0.717) is 17.2 Å². The van der Waals surface area contributed by atoms with Gasteiger partial charge in [0.15, 0.2) is 0 Å². The van der Waals surface area contributed by atoms with Crippen molar-refractivity contribution in [3.05, 3.63) is 60.8 Å². The summed E-state index contributed by atoms with van der Waals surface area (Å²) in [5.41, 5.74) is 1.01. The molecular weight excluding hydrogens is 356 g/mol. The summed E-state index contributed by atoms with van der Waals surface area (Å²) in [6.45, 7) is 2.11. The number of carbonyl (C=O) groups excluding carboxylic acids is 1. The number of carbonyl (C=O) groups is 1. The SMILES string of the molecule is CN1CCC(Oc2ccc(NC(=O)c3cccc(-n4cnnc4)n3)cc2)CC1. The second-order valence-corrected chi connectivity index (χ2v) is 6.85. The van der Waals surface area contributed by atoms with E-state index in [9.17, 15) is 4.79 Å². The Kier molecular flexibility index (Phi) is 5.29. The van der Waals surface area contributed by atoms with E-state index in [4.69, 9.17) is 4.74 Å². The second-order valence-electron chi connectivity index (χ2n) is 6.85. The van der Waals surface area contributed by atoms with Crippen LogP contribution in [0.4, 0.5) is 5.69 Å². The van der Waals surface area contributed by atoms with Gasteiger partial charge in [0.1, 0.15) is 36.0 Å². The summed E-state index contributed by atoms with van der Waals surface area (Å²) >= 11 is 0. The first-order valence-corrected chi connectivity index (χ1v) is 9.26. The highest BCUT2D eigenvalue weighted by Gasteiger charge is 2.18. The fourth-order valence-electron chi connectivity index (χ4n) is 3.12. The van der Waals surface area contributed by atoms with Crippen LogP contribution in [0.5, 0.6) is 5.75 Å². The van der Waals surface area contributed by atoms with Crippen molar-refractivity contribution in [1.82, 2.24) is 24.6 Å². The third-order valence-electron chi connectivity index (χ3n) is 4.73. The monoisotopic (exact) mass is 378 g/mol. The number of ether oxygens (including phenoxy) is 1. The molecule has 1 aliphatic rings. The van der Waals surface area contributed by atoms with Gasteiger partial charge in [0.05, 0.1) is 0 Å². The predicted molar refractivity (Wildman–Crippen MR) is 105 cm³/mol. The van der Waals surface area contributed by atoms with Crippen molar-refractivity contribution in [3.63, 3.8) is 0 Å². The van der Waals surface area contributed by atoms with Crippen molar-refractivity contribution in [2.24, 2.45) is 0 Å². The molecular formula is C20H22N6O2. The van der Waals surface area contributed by atoms with Gasteiger partial charge in [-0.1, -0.05) is 6.07 Å². The van der Waals surface area contributed by atoms with E-state index >= 15 is 0 Å². The molecule has 2 aromatic heterocycles. The fourth-order valence-corrected chi connectivity index (χ4v) is 3.12. The summed E-state index contributed by atoms with van der Waals surface area (Å²) in [5.74, 6) is 1.12. The van der Waals surface area contributed by atoms with Gasteiger partial charge in [-0.05, 0) is 56.3 Å². The average Bonchev–Trinajstić information content (AvgIpc) is 3.26. The molecule has 0 atom stereocenters. The number of pyridine rings is 1. The minimum Gasteiger partial charge on any atom is -0.490 e. The molecule has 8 heteroatoms. The Hall–Kier alpha value is -3.26. The highest BCUT2D eigenvalue weighted by Crippen LogP contribution is 2.21. The first-order chi connectivity index (χ1) is 13.7. The topological polar surface area (TPSA) is 85.2 Å². The standard InChI is InChI=1S/C20H22N6O2/c1-25-11-9-17(10-12-25)28-16-7-5-15(6-8-16)23-20(27)18-3-2-4-19(24-18)26-13-21-22-14-26/h2-8,13-14,17H,9-12H2,1H3,(H,23,27). The molecule has 1 aromatic carbocycles. The van der Waals surface area contributed by atoms with Crippen molar-refractivity contribution in [1.29, 1.82) is 0 Å². The number of nitrogens with one attached hydrogen (secondary N) is 1. The molecule has 0 saturated carbocycles. The fraction of sp³-hybridized carbons (Fsp3) is 0.300. The lowest BCUT2D eigenvalue weighted by molar-refractivity contribution is 0.102. The van der Waals surface area contributed by atoms with Gasteiger partial charge in [-0.15, -0.1) is 10.2 Å². The zero-order valence-electron chi connectivity index (χ0n) is 15.7. The van der Waals surface area contributed by atoms with Gasteiger partial charge in [-0.25, -0.2) is 4.98 Å². The van der Waals surface area contributed by atoms with Crippen LogP contribution < -0.4 is 10.1 Å². The number of amides is 1. The Labute approximate surface area is 163 Å².